The third kappa shape index (κ3) is 7.95. The van der Waals surface area contributed by atoms with Gasteiger partial charge in [0, 0.05) is 36.6 Å². The lowest BCUT2D eigenvalue weighted by molar-refractivity contribution is -0.138. The Morgan fingerprint density at radius 3 is 2.35 bits per heavy atom. The minimum absolute atomic E-state index is 0.00816. The monoisotopic (exact) mass is 515 g/mol. The number of anilines is 4. The molecule has 3 aromatic rings. The number of nitrogens with zero attached hydrogens (tertiary/aromatic N) is 1. The summed E-state index contributed by atoms with van der Waals surface area (Å²) in [5.74, 6) is -1.46. The molecular formula is C25H24F3N5O4. The van der Waals surface area contributed by atoms with Crippen LogP contribution in [-0.2, 0) is 17.4 Å². The standard InChI is InChI=1S/C25H24F3N5O4/c1-2-29-24(37)33-21-13-20(31-18-5-3-4-16(12-18)25(26,27)28)19(14-30-21)23(36)32-17-9-6-15(7-10-17)8-11-22(34)35/h3-7,9-10,12-14H,2,8,11H2,1H3,(H,32,36)(H,34,35)(H3,29,30,31,33,37). The molecule has 9 nitrogen and oxygen atoms in total. The SMILES string of the molecule is CCNC(=O)Nc1cc(Nc2cccc(C(F)(F)F)c2)c(C(=O)Nc2ccc(CCC(=O)O)cc2)cn1. The average molecular weight is 515 g/mol. The van der Waals surface area contributed by atoms with Crippen LogP contribution in [0.3, 0.4) is 0 Å². The van der Waals surface area contributed by atoms with E-state index in [-0.39, 0.29) is 29.2 Å². The van der Waals surface area contributed by atoms with Crippen molar-refractivity contribution in [3.8, 4) is 0 Å². The van der Waals surface area contributed by atoms with Crippen molar-refractivity contribution in [1.82, 2.24) is 10.3 Å². The van der Waals surface area contributed by atoms with Crippen LogP contribution in [0.15, 0.2) is 60.8 Å². The molecule has 0 atom stereocenters. The summed E-state index contributed by atoms with van der Waals surface area (Å²) in [6.45, 7) is 2.08. The first-order valence-corrected chi connectivity index (χ1v) is 11.2. The molecule has 194 valence electrons. The van der Waals surface area contributed by atoms with Crippen molar-refractivity contribution in [2.45, 2.75) is 25.9 Å². The van der Waals surface area contributed by atoms with E-state index in [0.717, 1.165) is 17.7 Å². The molecule has 3 rings (SSSR count). The summed E-state index contributed by atoms with van der Waals surface area (Å²) in [7, 11) is 0. The minimum atomic E-state index is -4.56. The summed E-state index contributed by atoms with van der Waals surface area (Å²) in [6.07, 6.45) is -3.07. The highest BCUT2D eigenvalue weighted by atomic mass is 19.4. The first-order chi connectivity index (χ1) is 17.5. The molecule has 1 heterocycles. The van der Waals surface area contributed by atoms with Crippen molar-refractivity contribution in [2.24, 2.45) is 0 Å². The number of pyridine rings is 1. The third-order valence-corrected chi connectivity index (χ3v) is 5.04. The first kappa shape index (κ1) is 27.0. The first-order valence-electron chi connectivity index (χ1n) is 11.2. The van der Waals surface area contributed by atoms with Crippen LogP contribution in [0, 0.1) is 0 Å². The zero-order valence-electron chi connectivity index (χ0n) is 19.6. The average Bonchev–Trinajstić information content (AvgIpc) is 2.83. The summed E-state index contributed by atoms with van der Waals surface area (Å²) < 4.78 is 39.5. The van der Waals surface area contributed by atoms with Gasteiger partial charge in [-0.2, -0.15) is 13.2 Å². The van der Waals surface area contributed by atoms with Gasteiger partial charge in [0.1, 0.15) is 5.82 Å². The number of carbonyl (C=O) groups excluding carboxylic acids is 2. The van der Waals surface area contributed by atoms with E-state index in [1.165, 1.54) is 24.4 Å². The lowest BCUT2D eigenvalue weighted by Crippen LogP contribution is -2.28. The lowest BCUT2D eigenvalue weighted by Gasteiger charge is -2.15. The van der Waals surface area contributed by atoms with Crippen LogP contribution in [0.2, 0.25) is 0 Å². The number of amides is 3. The fraction of sp³-hybridized carbons (Fsp3) is 0.200. The van der Waals surface area contributed by atoms with Crippen molar-refractivity contribution in [3.05, 3.63) is 77.5 Å². The normalized spacial score (nSPS) is 10.9. The molecule has 5 N–H and O–H groups in total. The predicted molar refractivity (Wildman–Crippen MR) is 132 cm³/mol. The second kappa shape index (κ2) is 11.9. The van der Waals surface area contributed by atoms with Crippen molar-refractivity contribution in [3.63, 3.8) is 0 Å². The summed E-state index contributed by atoms with van der Waals surface area (Å²) >= 11 is 0. The van der Waals surface area contributed by atoms with Gasteiger partial charge in [0.05, 0.1) is 16.8 Å². The van der Waals surface area contributed by atoms with Crippen LogP contribution in [0.1, 0.15) is 34.8 Å². The van der Waals surface area contributed by atoms with Gasteiger partial charge in [-0.1, -0.05) is 18.2 Å². The lowest BCUT2D eigenvalue weighted by atomic mass is 10.1. The zero-order chi connectivity index (χ0) is 27.0. The molecule has 0 unspecified atom stereocenters. The predicted octanol–water partition coefficient (Wildman–Crippen LogP) is 5.25. The molecule has 2 aromatic carbocycles. The number of carboxylic acid groups (broad SMARTS) is 1. The van der Waals surface area contributed by atoms with E-state index in [1.54, 1.807) is 31.2 Å². The number of carboxylic acids is 1. The Balaban J connectivity index is 1.87. The van der Waals surface area contributed by atoms with Gasteiger partial charge in [0.25, 0.3) is 5.91 Å². The number of nitrogens with one attached hydrogen (secondary N) is 4. The van der Waals surface area contributed by atoms with Crippen molar-refractivity contribution in [1.29, 1.82) is 0 Å². The number of rotatable bonds is 9. The van der Waals surface area contributed by atoms with Crippen LogP contribution in [0.25, 0.3) is 0 Å². The number of aliphatic carboxylic acids is 1. The Morgan fingerprint density at radius 1 is 0.973 bits per heavy atom. The summed E-state index contributed by atoms with van der Waals surface area (Å²) in [6, 6.07) is 11.8. The van der Waals surface area contributed by atoms with E-state index >= 15 is 0 Å². The van der Waals surface area contributed by atoms with E-state index < -0.39 is 29.6 Å². The number of hydrogen-bond donors (Lipinski definition) is 5. The highest BCUT2D eigenvalue weighted by Gasteiger charge is 2.30. The van der Waals surface area contributed by atoms with Crippen molar-refractivity contribution < 1.29 is 32.7 Å². The van der Waals surface area contributed by atoms with Crippen LogP contribution >= 0.6 is 0 Å². The molecular weight excluding hydrogens is 491 g/mol. The maximum absolute atomic E-state index is 13.2. The van der Waals surface area contributed by atoms with E-state index in [0.29, 0.717) is 18.7 Å². The largest absolute Gasteiger partial charge is 0.481 e. The summed E-state index contributed by atoms with van der Waals surface area (Å²) in [5.41, 5.74) is 0.502. The summed E-state index contributed by atoms with van der Waals surface area (Å²) in [5, 5.41) is 19.3. The number of benzene rings is 2. The Bertz CT molecular complexity index is 1280. The van der Waals surface area contributed by atoms with Gasteiger partial charge in [0.15, 0.2) is 0 Å². The van der Waals surface area contributed by atoms with Crippen LogP contribution in [0.4, 0.5) is 40.8 Å². The molecule has 1 aromatic heterocycles. The van der Waals surface area contributed by atoms with Crippen molar-refractivity contribution in [2.75, 3.05) is 22.5 Å². The van der Waals surface area contributed by atoms with E-state index in [1.807, 2.05) is 0 Å². The fourth-order valence-corrected chi connectivity index (χ4v) is 3.26. The number of halogens is 3. The van der Waals surface area contributed by atoms with Gasteiger partial charge in [-0.05, 0) is 49.2 Å². The topological polar surface area (TPSA) is 132 Å². The maximum atomic E-state index is 13.2. The van der Waals surface area contributed by atoms with Crippen molar-refractivity contribution >= 4 is 40.8 Å². The smallest absolute Gasteiger partial charge is 0.416 e. The molecule has 0 radical (unpaired) electrons. The van der Waals surface area contributed by atoms with E-state index in [9.17, 15) is 27.6 Å². The second-order valence-corrected chi connectivity index (χ2v) is 7.85. The maximum Gasteiger partial charge on any atom is 0.416 e. The Kier molecular flexibility index (Phi) is 8.67. The quantitative estimate of drug-likeness (QED) is 0.264. The van der Waals surface area contributed by atoms with Gasteiger partial charge >= 0.3 is 18.2 Å². The van der Waals surface area contributed by atoms with Crippen LogP contribution < -0.4 is 21.3 Å². The van der Waals surface area contributed by atoms with Gasteiger partial charge < -0.3 is 21.1 Å². The zero-order valence-corrected chi connectivity index (χ0v) is 19.6. The van der Waals surface area contributed by atoms with Crippen LogP contribution in [0.5, 0.6) is 0 Å². The number of hydrogen-bond acceptors (Lipinski definition) is 5. The molecule has 0 spiro atoms. The molecule has 0 aliphatic heterocycles. The van der Waals surface area contributed by atoms with Gasteiger partial charge in [-0.25, -0.2) is 9.78 Å². The Morgan fingerprint density at radius 2 is 1.70 bits per heavy atom. The Hall–Kier alpha value is -4.61. The molecule has 0 aliphatic carbocycles. The third-order valence-electron chi connectivity index (χ3n) is 5.04. The molecule has 37 heavy (non-hydrogen) atoms. The highest BCUT2D eigenvalue weighted by Crippen LogP contribution is 2.32. The molecule has 3 amide bonds. The molecule has 0 saturated heterocycles. The second-order valence-electron chi connectivity index (χ2n) is 7.85. The number of aryl methyl sites for hydroxylation is 1. The number of alkyl halides is 3. The number of urea groups is 1. The molecule has 0 saturated carbocycles. The molecule has 12 heteroatoms. The van der Waals surface area contributed by atoms with Gasteiger partial charge in [-0.15, -0.1) is 0 Å². The van der Waals surface area contributed by atoms with Gasteiger partial charge in [-0.3, -0.25) is 14.9 Å². The number of aromatic nitrogens is 1. The van der Waals surface area contributed by atoms with Crippen LogP contribution in [-0.4, -0.2) is 34.5 Å². The van der Waals surface area contributed by atoms with Gasteiger partial charge in [0.2, 0.25) is 0 Å². The summed E-state index contributed by atoms with van der Waals surface area (Å²) in [4.78, 5) is 39.7. The molecule has 0 aliphatic rings. The van der Waals surface area contributed by atoms with E-state index in [2.05, 4.69) is 26.3 Å². The van der Waals surface area contributed by atoms with E-state index in [4.69, 9.17) is 5.11 Å². The minimum Gasteiger partial charge on any atom is -0.481 e. The fourth-order valence-electron chi connectivity index (χ4n) is 3.26. The Labute approximate surface area is 210 Å². The molecule has 0 bridgehead atoms. The highest BCUT2D eigenvalue weighted by molar-refractivity contribution is 6.08. The molecule has 0 fully saturated rings. The number of carbonyl (C=O) groups is 3.